The van der Waals surface area contributed by atoms with E-state index in [1.807, 2.05) is 35.0 Å². The summed E-state index contributed by atoms with van der Waals surface area (Å²) in [4.78, 5) is 7.04. The highest BCUT2D eigenvalue weighted by molar-refractivity contribution is 5.32. The first-order valence-electron chi connectivity index (χ1n) is 10.3. The third kappa shape index (κ3) is 5.17. The van der Waals surface area contributed by atoms with Gasteiger partial charge in [-0.15, -0.1) is 0 Å². The molecule has 2 heterocycles. The van der Waals surface area contributed by atoms with Crippen LogP contribution < -0.4 is 9.47 Å². The first-order chi connectivity index (χ1) is 14.7. The van der Waals surface area contributed by atoms with Crippen molar-refractivity contribution in [2.24, 2.45) is 0 Å². The van der Waals surface area contributed by atoms with Crippen molar-refractivity contribution in [3.05, 3.63) is 71.8 Å². The van der Waals surface area contributed by atoms with Gasteiger partial charge in [-0.05, 0) is 31.2 Å². The molecule has 0 aliphatic carbocycles. The van der Waals surface area contributed by atoms with E-state index in [4.69, 9.17) is 24.3 Å². The van der Waals surface area contributed by atoms with Crippen LogP contribution in [0.1, 0.15) is 23.3 Å². The largest absolute Gasteiger partial charge is 0.497 e. The average Bonchev–Trinajstić information content (AvgIpc) is 3.20. The van der Waals surface area contributed by atoms with E-state index < -0.39 is 0 Å². The summed E-state index contributed by atoms with van der Waals surface area (Å²) in [5.74, 6) is 3.00. The molecule has 0 bridgehead atoms. The smallest absolute Gasteiger partial charge is 0.188 e. The molecule has 7 nitrogen and oxygen atoms in total. The van der Waals surface area contributed by atoms with Gasteiger partial charge in [0.05, 0.1) is 13.7 Å². The van der Waals surface area contributed by atoms with Crippen molar-refractivity contribution in [3.8, 4) is 11.5 Å². The molecule has 0 spiro atoms. The van der Waals surface area contributed by atoms with Gasteiger partial charge in [0.2, 0.25) is 0 Å². The predicted octanol–water partition coefficient (Wildman–Crippen LogP) is 3.11. The molecule has 1 aliphatic rings. The Bertz CT molecular complexity index is 945. The Morgan fingerprint density at radius 3 is 2.73 bits per heavy atom. The molecule has 4 rings (SSSR count). The Morgan fingerprint density at radius 2 is 1.93 bits per heavy atom. The van der Waals surface area contributed by atoms with E-state index in [0.717, 1.165) is 43.4 Å². The summed E-state index contributed by atoms with van der Waals surface area (Å²) in [7, 11) is 3.75. The fourth-order valence-corrected chi connectivity index (χ4v) is 3.52. The van der Waals surface area contributed by atoms with Gasteiger partial charge < -0.3 is 19.1 Å². The number of hydrogen-bond acceptors (Lipinski definition) is 6. The van der Waals surface area contributed by atoms with Crippen LogP contribution in [0.2, 0.25) is 0 Å². The number of methoxy groups -OCH3 is 1. The van der Waals surface area contributed by atoms with E-state index >= 15 is 0 Å². The second-order valence-electron chi connectivity index (χ2n) is 7.43. The molecular formula is C23H28N4O3. The summed E-state index contributed by atoms with van der Waals surface area (Å²) < 4.78 is 19.1. The molecule has 1 unspecified atom stereocenters. The van der Waals surface area contributed by atoms with Gasteiger partial charge >= 0.3 is 0 Å². The van der Waals surface area contributed by atoms with E-state index in [1.165, 1.54) is 5.56 Å². The lowest BCUT2D eigenvalue weighted by Gasteiger charge is -2.29. The van der Waals surface area contributed by atoms with E-state index in [1.54, 1.807) is 7.11 Å². The molecule has 2 aromatic carbocycles. The number of ether oxygens (including phenoxy) is 3. The Kier molecular flexibility index (Phi) is 6.61. The fourth-order valence-electron chi connectivity index (χ4n) is 3.52. The lowest BCUT2D eigenvalue weighted by atomic mass is 10.1. The van der Waals surface area contributed by atoms with Crippen molar-refractivity contribution < 1.29 is 14.2 Å². The average molecular weight is 409 g/mol. The number of hydrogen-bond donors (Lipinski definition) is 0. The molecule has 0 N–H and O–H groups in total. The molecule has 0 radical (unpaired) electrons. The predicted molar refractivity (Wildman–Crippen MR) is 114 cm³/mol. The number of morpholine rings is 1. The zero-order valence-corrected chi connectivity index (χ0v) is 17.5. The summed E-state index contributed by atoms with van der Waals surface area (Å²) >= 11 is 0. The number of benzene rings is 2. The van der Waals surface area contributed by atoms with E-state index in [-0.39, 0.29) is 6.10 Å². The molecule has 30 heavy (non-hydrogen) atoms. The van der Waals surface area contributed by atoms with Crippen LogP contribution >= 0.6 is 0 Å². The summed E-state index contributed by atoms with van der Waals surface area (Å²) in [6, 6.07) is 18.0. The van der Waals surface area contributed by atoms with Crippen LogP contribution in [0, 0.1) is 0 Å². The van der Waals surface area contributed by atoms with Crippen molar-refractivity contribution in [2.75, 3.05) is 33.9 Å². The van der Waals surface area contributed by atoms with Crippen molar-refractivity contribution >= 4 is 0 Å². The summed E-state index contributed by atoms with van der Waals surface area (Å²) in [5.41, 5.74) is 1.27. The van der Waals surface area contributed by atoms with Gasteiger partial charge in [0, 0.05) is 25.7 Å². The normalized spacial score (nSPS) is 17.1. The lowest BCUT2D eigenvalue weighted by molar-refractivity contribution is -0.0277. The molecule has 3 aromatic rings. The maximum Gasteiger partial charge on any atom is 0.188 e. The first-order valence-corrected chi connectivity index (χ1v) is 10.3. The number of likely N-dealkylation sites (N-methyl/N-ethyl adjacent to an activating group) is 1. The molecule has 0 saturated carbocycles. The van der Waals surface area contributed by atoms with Crippen molar-refractivity contribution in [3.63, 3.8) is 0 Å². The maximum absolute atomic E-state index is 6.01. The Morgan fingerprint density at radius 1 is 1.10 bits per heavy atom. The minimum atomic E-state index is -0.0856. The van der Waals surface area contributed by atoms with Crippen LogP contribution in [0.5, 0.6) is 11.5 Å². The Labute approximate surface area is 177 Å². The van der Waals surface area contributed by atoms with Gasteiger partial charge in [-0.3, -0.25) is 0 Å². The van der Waals surface area contributed by atoms with Crippen molar-refractivity contribution in [1.29, 1.82) is 0 Å². The van der Waals surface area contributed by atoms with Gasteiger partial charge in [-0.25, -0.2) is 9.67 Å². The van der Waals surface area contributed by atoms with Crippen LogP contribution in [0.4, 0.5) is 0 Å². The lowest BCUT2D eigenvalue weighted by Crippen LogP contribution is -2.36. The minimum Gasteiger partial charge on any atom is -0.497 e. The van der Waals surface area contributed by atoms with Crippen LogP contribution in [0.15, 0.2) is 54.6 Å². The van der Waals surface area contributed by atoms with Gasteiger partial charge in [-0.1, -0.05) is 36.4 Å². The van der Waals surface area contributed by atoms with Crippen LogP contribution in [0.3, 0.4) is 0 Å². The summed E-state index contributed by atoms with van der Waals surface area (Å²) in [6.07, 6.45) is 0.799. The number of nitrogens with zero attached hydrogens (tertiary/aromatic N) is 4. The maximum atomic E-state index is 6.01. The molecule has 1 aromatic heterocycles. The zero-order chi connectivity index (χ0) is 20.8. The zero-order valence-electron chi connectivity index (χ0n) is 17.5. The number of aromatic nitrogens is 3. The van der Waals surface area contributed by atoms with Crippen molar-refractivity contribution in [2.45, 2.75) is 25.7 Å². The molecule has 1 saturated heterocycles. The molecule has 1 aliphatic heterocycles. The first kappa shape index (κ1) is 20.4. The topological polar surface area (TPSA) is 61.6 Å². The molecule has 0 amide bonds. The molecule has 1 atom stereocenters. The highest BCUT2D eigenvalue weighted by Crippen LogP contribution is 2.22. The second-order valence-corrected chi connectivity index (χ2v) is 7.43. The van der Waals surface area contributed by atoms with Crippen LogP contribution in [-0.4, -0.2) is 53.5 Å². The molecule has 7 heteroatoms. The molecule has 1 fully saturated rings. The summed E-state index contributed by atoms with van der Waals surface area (Å²) in [5, 5.41) is 4.73. The highest BCUT2D eigenvalue weighted by Gasteiger charge is 2.25. The number of rotatable bonds is 8. The van der Waals surface area contributed by atoms with E-state index in [9.17, 15) is 0 Å². The monoisotopic (exact) mass is 408 g/mol. The number of aryl methyl sites for hydroxylation is 2. The standard InChI is InChI=1S/C23H28N4O3/c1-26-13-14-29-21(16-26)23-24-22(17-30-20-10-6-9-19(15-20)28-2)25-27(23)12-11-18-7-4-3-5-8-18/h3-10,15,21H,11-14,16-17H2,1-2H3. The van der Waals surface area contributed by atoms with Gasteiger partial charge in [0.15, 0.2) is 11.6 Å². The fraction of sp³-hybridized carbons (Fsp3) is 0.391. The second kappa shape index (κ2) is 9.73. The van der Waals surface area contributed by atoms with E-state index in [0.29, 0.717) is 19.0 Å². The Balaban J connectivity index is 1.50. The quantitative estimate of drug-likeness (QED) is 0.571. The third-order valence-corrected chi connectivity index (χ3v) is 5.17. The van der Waals surface area contributed by atoms with Crippen LogP contribution in [0.25, 0.3) is 0 Å². The minimum absolute atomic E-state index is 0.0856. The van der Waals surface area contributed by atoms with Gasteiger partial charge in [0.25, 0.3) is 0 Å². The summed E-state index contributed by atoms with van der Waals surface area (Å²) in [6.45, 7) is 3.47. The van der Waals surface area contributed by atoms with Crippen molar-refractivity contribution in [1.82, 2.24) is 19.7 Å². The van der Waals surface area contributed by atoms with Gasteiger partial charge in [0.1, 0.15) is 24.2 Å². The SMILES string of the molecule is COc1cccc(OCc2nc(C3CN(C)CCO3)n(CCc3ccccc3)n2)c1. The van der Waals surface area contributed by atoms with Crippen LogP contribution in [-0.2, 0) is 24.3 Å². The molecular weight excluding hydrogens is 380 g/mol. The van der Waals surface area contributed by atoms with Gasteiger partial charge in [-0.2, -0.15) is 5.10 Å². The Hall–Kier alpha value is -2.90. The van der Waals surface area contributed by atoms with E-state index in [2.05, 4.69) is 36.2 Å². The third-order valence-electron chi connectivity index (χ3n) is 5.17. The highest BCUT2D eigenvalue weighted by atomic mass is 16.5. The molecule has 158 valence electrons.